The maximum atomic E-state index is 13.3. The molecule has 0 unspecified atom stereocenters. The quantitative estimate of drug-likeness (QED) is 0.383. The molecule has 0 saturated heterocycles. The summed E-state index contributed by atoms with van der Waals surface area (Å²) in [6.45, 7) is 1.96. The highest BCUT2D eigenvalue weighted by Crippen LogP contribution is 2.53. The normalized spacial score (nSPS) is 29.6. The van der Waals surface area contributed by atoms with Crippen molar-refractivity contribution >= 4 is 18.2 Å². The highest BCUT2D eigenvalue weighted by molar-refractivity contribution is 6.08. The van der Waals surface area contributed by atoms with E-state index in [1.54, 1.807) is 6.92 Å². The van der Waals surface area contributed by atoms with Gasteiger partial charge in [0.1, 0.15) is 11.3 Å². The third-order valence-corrected chi connectivity index (χ3v) is 5.27. The molecule has 0 amide bonds. The van der Waals surface area contributed by atoms with E-state index in [4.69, 9.17) is 15.3 Å². The Morgan fingerprint density at radius 1 is 1.20 bits per heavy atom. The number of alkyl halides is 3. The minimum Gasteiger partial charge on any atom is -0.478 e. The second kappa shape index (κ2) is 6.68. The molecule has 3 fully saturated rings. The van der Waals surface area contributed by atoms with Gasteiger partial charge in [-0.3, -0.25) is 4.79 Å². The van der Waals surface area contributed by atoms with Crippen LogP contribution >= 0.6 is 0 Å². The molecule has 3 rings (SSSR count). The molecule has 2 bridgehead atoms. The molecular formula is C16H21F3N2O4. The number of ether oxygens (including phenoxy) is 1. The van der Waals surface area contributed by atoms with Crippen molar-refractivity contribution in [3.63, 3.8) is 0 Å². The number of hydrogen-bond acceptors (Lipinski definition) is 5. The van der Waals surface area contributed by atoms with Crippen LogP contribution in [-0.4, -0.2) is 41.6 Å². The zero-order valence-corrected chi connectivity index (χ0v) is 13.8. The van der Waals surface area contributed by atoms with Gasteiger partial charge in [0.05, 0.1) is 12.0 Å². The maximum absolute atomic E-state index is 13.3. The summed E-state index contributed by atoms with van der Waals surface area (Å²) in [7, 11) is 0. The average molecular weight is 362 g/mol. The van der Waals surface area contributed by atoms with Crippen LogP contribution in [0.1, 0.15) is 45.4 Å². The summed E-state index contributed by atoms with van der Waals surface area (Å²) >= 11 is 0. The molecule has 140 valence electrons. The lowest BCUT2D eigenvalue weighted by Crippen LogP contribution is -2.58. The van der Waals surface area contributed by atoms with Crippen LogP contribution in [0.3, 0.4) is 0 Å². The molecule has 0 aromatic rings. The van der Waals surface area contributed by atoms with Crippen molar-refractivity contribution in [1.29, 1.82) is 5.41 Å². The minimum atomic E-state index is -4.91. The fourth-order valence-electron chi connectivity index (χ4n) is 3.76. The van der Waals surface area contributed by atoms with E-state index in [0.29, 0.717) is 38.5 Å². The topological polar surface area (TPSA) is 99.5 Å². The number of allylic oxidation sites excluding steroid dienone is 1. The SMILES string of the molecule is CCOC(=O)C12CCC(N/C(=C(\C=N)C(=O)O)C(F)(F)F)(CC1)CC2. The number of nitrogens with one attached hydrogen (secondary N) is 2. The van der Waals surface area contributed by atoms with E-state index in [1.807, 2.05) is 0 Å². The summed E-state index contributed by atoms with van der Waals surface area (Å²) in [6, 6.07) is 0. The van der Waals surface area contributed by atoms with Crippen LogP contribution in [-0.2, 0) is 14.3 Å². The van der Waals surface area contributed by atoms with Crippen LogP contribution in [0.2, 0.25) is 0 Å². The van der Waals surface area contributed by atoms with Gasteiger partial charge in [-0.2, -0.15) is 13.2 Å². The molecule has 6 nitrogen and oxygen atoms in total. The van der Waals surface area contributed by atoms with Crippen molar-refractivity contribution in [1.82, 2.24) is 5.32 Å². The van der Waals surface area contributed by atoms with Crippen LogP contribution in [0.15, 0.2) is 11.3 Å². The van der Waals surface area contributed by atoms with Crippen molar-refractivity contribution in [3.05, 3.63) is 11.3 Å². The third-order valence-electron chi connectivity index (χ3n) is 5.27. The van der Waals surface area contributed by atoms with Gasteiger partial charge in [-0.15, -0.1) is 0 Å². The van der Waals surface area contributed by atoms with Gasteiger partial charge in [0.15, 0.2) is 0 Å². The summed E-state index contributed by atoms with van der Waals surface area (Å²) in [6.07, 6.45) is -2.57. The third kappa shape index (κ3) is 3.64. The molecule has 0 aromatic carbocycles. The Hall–Kier alpha value is -2.06. The molecule has 0 spiro atoms. The lowest BCUT2D eigenvalue weighted by Gasteiger charge is -2.52. The molecule has 0 aliphatic heterocycles. The summed E-state index contributed by atoms with van der Waals surface area (Å²) < 4.78 is 45.1. The van der Waals surface area contributed by atoms with Gasteiger partial charge in [0, 0.05) is 11.8 Å². The largest absolute Gasteiger partial charge is 0.478 e. The molecule has 3 aliphatic rings. The summed E-state index contributed by atoms with van der Waals surface area (Å²) in [5, 5.41) is 18.4. The molecule has 0 heterocycles. The number of halogens is 3. The number of carboxylic acids is 1. The van der Waals surface area contributed by atoms with Crippen molar-refractivity contribution in [3.8, 4) is 0 Å². The smallest absolute Gasteiger partial charge is 0.431 e. The maximum Gasteiger partial charge on any atom is 0.431 e. The summed E-state index contributed by atoms with van der Waals surface area (Å²) in [5.41, 5.74) is -4.07. The lowest BCUT2D eigenvalue weighted by atomic mass is 9.57. The number of carboxylic acid groups (broad SMARTS) is 1. The molecule has 0 aromatic heterocycles. The standard InChI is InChI=1S/C16H21F3N2O4/c1-2-25-13(24)14-3-6-15(7-4-14,8-5-14)21-11(16(17,18)19)10(9-20)12(22)23/h9,20-21H,2-8H2,1H3,(H,22,23)/b11-10+,20-9?. The molecule has 3 aliphatic carbocycles. The van der Waals surface area contributed by atoms with Gasteiger partial charge in [-0.25, -0.2) is 4.79 Å². The van der Waals surface area contributed by atoms with Crippen LogP contribution in [0.4, 0.5) is 13.2 Å². The number of hydrogen-bond donors (Lipinski definition) is 3. The Bertz CT molecular complexity index is 588. The average Bonchev–Trinajstić information content (AvgIpc) is 2.55. The lowest BCUT2D eigenvalue weighted by molar-refractivity contribution is -0.163. The first-order valence-electron chi connectivity index (χ1n) is 8.10. The van der Waals surface area contributed by atoms with Crippen molar-refractivity contribution in [2.45, 2.75) is 57.2 Å². The molecule has 25 heavy (non-hydrogen) atoms. The van der Waals surface area contributed by atoms with Gasteiger partial charge < -0.3 is 20.6 Å². The fourth-order valence-corrected chi connectivity index (χ4v) is 3.76. The monoisotopic (exact) mass is 362 g/mol. The Morgan fingerprint density at radius 2 is 1.72 bits per heavy atom. The van der Waals surface area contributed by atoms with E-state index >= 15 is 0 Å². The van der Waals surface area contributed by atoms with Gasteiger partial charge >= 0.3 is 18.1 Å². The number of fused-ring (bicyclic) bond motifs is 3. The Labute approximate surface area is 142 Å². The van der Waals surface area contributed by atoms with Crippen LogP contribution < -0.4 is 5.32 Å². The second-order valence-electron chi connectivity index (χ2n) is 6.64. The van der Waals surface area contributed by atoms with Crippen molar-refractivity contribution in [2.24, 2.45) is 5.41 Å². The van der Waals surface area contributed by atoms with Gasteiger partial charge in [0.25, 0.3) is 0 Å². The van der Waals surface area contributed by atoms with E-state index in [9.17, 15) is 22.8 Å². The first kappa shape index (κ1) is 19.3. The van der Waals surface area contributed by atoms with E-state index in [1.165, 1.54) is 0 Å². The number of aliphatic carboxylic acids is 1. The van der Waals surface area contributed by atoms with E-state index in [0.717, 1.165) is 0 Å². The Kier molecular flexibility index (Phi) is 5.15. The highest BCUT2D eigenvalue weighted by atomic mass is 19.4. The second-order valence-corrected chi connectivity index (χ2v) is 6.64. The summed E-state index contributed by atoms with van der Waals surface area (Å²) in [4.78, 5) is 23.2. The Balaban J connectivity index is 2.25. The van der Waals surface area contributed by atoms with Crippen LogP contribution in [0, 0.1) is 10.8 Å². The van der Waals surface area contributed by atoms with Gasteiger partial charge in [0.2, 0.25) is 0 Å². The van der Waals surface area contributed by atoms with Crippen LogP contribution in [0.25, 0.3) is 0 Å². The number of carbonyl (C=O) groups excluding carboxylic acids is 1. The first-order chi connectivity index (χ1) is 11.6. The molecular weight excluding hydrogens is 341 g/mol. The Morgan fingerprint density at radius 3 is 2.08 bits per heavy atom. The highest BCUT2D eigenvalue weighted by Gasteiger charge is 2.55. The predicted molar refractivity (Wildman–Crippen MR) is 82.1 cm³/mol. The molecule has 0 atom stereocenters. The number of rotatable bonds is 6. The predicted octanol–water partition coefficient (Wildman–Crippen LogP) is 2.78. The van der Waals surface area contributed by atoms with E-state index in [2.05, 4.69) is 5.32 Å². The van der Waals surface area contributed by atoms with Crippen molar-refractivity contribution < 1.29 is 32.6 Å². The van der Waals surface area contributed by atoms with Gasteiger partial charge in [-0.1, -0.05) is 0 Å². The zero-order chi connectivity index (χ0) is 18.9. The van der Waals surface area contributed by atoms with Crippen molar-refractivity contribution in [2.75, 3.05) is 6.61 Å². The van der Waals surface area contributed by atoms with Crippen LogP contribution in [0.5, 0.6) is 0 Å². The molecule has 0 radical (unpaired) electrons. The minimum absolute atomic E-state index is 0.198. The summed E-state index contributed by atoms with van der Waals surface area (Å²) in [5.74, 6) is -2.11. The zero-order valence-electron chi connectivity index (χ0n) is 13.8. The molecule has 3 N–H and O–H groups in total. The fraction of sp³-hybridized carbons (Fsp3) is 0.688. The number of esters is 1. The van der Waals surface area contributed by atoms with E-state index < -0.39 is 34.4 Å². The number of carbonyl (C=O) groups is 2. The first-order valence-corrected chi connectivity index (χ1v) is 8.10. The van der Waals surface area contributed by atoms with Gasteiger partial charge in [-0.05, 0) is 45.4 Å². The van der Waals surface area contributed by atoms with E-state index in [-0.39, 0.29) is 18.8 Å². The molecule has 3 saturated carbocycles. The molecule has 9 heteroatoms.